The van der Waals surface area contributed by atoms with E-state index in [0.29, 0.717) is 6.42 Å². The van der Waals surface area contributed by atoms with Gasteiger partial charge in [-0.15, -0.1) is 0 Å². The summed E-state index contributed by atoms with van der Waals surface area (Å²) in [5, 5.41) is 9.72. The van der Waals surface area contributed by atoms with Crippen LogP contribution >= 0.6 is 0 Å². The molecule has 0 rings (SSSR count). The molecule has 1 N–H and O–H groups in total. The lowest BCUT2D eigenvalue weighted by atomic mass is 10.2. The Kier molecular flexibility index (Phi) is 6.96. The van der Waals surface area contributed by atoms with Crippen LogP contribution < -0.4 is 0 Å². The molecule has 0 fully saturated rings. The highest BCUT2D eigenvalue weighted by molar-refractivity contribution is 5.97. The van der Waals surface area contributed by atoms with Gasteiger partial charge in [-0.05, 0) is 27.2 Å². The first-order chi connectivity index (χ1) is 8.72. The molecular weight excluding hydrogens is 252 g/mol. The van der Waals surface area contributed by atoms with E-state index in [9.17, 15) is 14.7 Å². The maximum Gasteiger partial charge on any atom is 0.378 e. The van der Waals surface area contributed by atoms with Gasteiger partial charge in [0.25, 0.3) is 11.5 Å². The second-order valence-electron chi connectivity index (χ2n) is 4.87. The van der Waals surface area contributed by atoms with Gasteiger partial charge >= 0.3 is 11.9 Å². The number of esters is 2. The van der Waals surface area contributed by atoms with Gasteiger partial charge in [-0.2, -0.15) is 0 Å². The zero-order valence-electron chi connectivity index (χ0n) is 12.1. The molecule has 0 aromatic heterocycles. The highest BCUT2D eigenvalue weighted by Crippen LogP contribution is 2.14. The summed E-state index contributed by atoms with van der Waals surface area (Å²) < 4.78 is 14.5. The van der Waals surface area contributed by atoms with Crippen molar-refractivity contribution < 1.29 is 28.9 Å². The van der Waals surface area contributed by atoms with Crippen LogP contribution in [0.25, 0.3) is 0 Å². The number of methoxy groups -OCH3 is 1. The number of aliphatic hydroxyl groups excluding tert-OH is 1. The molecule has 0 bridgehead atoms. The van der Waals surface area contributed by atoms with Gasteiger partial charge in [0.05, 0.1) is 13.7 Å². The largest absolute Gasteiger partial charge is 0.499 e. The maximum absolute atomic E-state index is 11.6. The molecule has 0 heterocycles. The molecule has 0 spiro atoms. The molecule has 110 valence electrons. The maximum atomic E-state index is 11.6. The van der Waals surface area contributed by atoms with Gasteiger partial charge in [0.1, 0.15) is 5.60 Å². The van der Waals surface area contributed by atoms with Crippen LogP contribution in [0.2, 0.25) is 0 Å². The lowest BCUT2D eigenvalue weighted by molar-refractivity contribution is -0.155. The Balaban J connectivity index is 5.01. The standard InChI is InChI=1S/C13H22O6/c1-6-7-8-18-10(12(16)17-5)9(14)11(15)19-13(2,3)4/h14H,6-8H2,1-5H3/b10-9+. The van der Waals surface area contributed by atoms with Gasteiger partial charge in [0, 0.05) is 0 Å². The fourth-order valence-electron chi connectivity index (χ4n) is 1.05. The van der Waals surface area contributed by atoms with E-state index in [4.69, 9.17) is 9.47 Å². The number of unbranched alkanes of at least 4 members (excludes halogenated alkanes) is 1. The van der Waals surface area contributed by atoms with E-state index in [1.807, 2.05) is 6.92 Å². The minimum atomic E-state index is -1.02. The number of carbonyl (C=O) groups excluding carboxylic acids is 2. The second-order valence-corrected chi connectivity index (χ2v) is 4.87. The van der Waals surface area contributed by atoms with E-state index < -0.39 is 29.1 Å². The molecule has 6 heteroatoms. The van der Waals surface area contributed by atoms with Crippen molar-refractivity contribution in [3.05, 3.63) is 11.5 Å². The number of aliphatic hydroxyl groups is 1. The lowest BCUT2D eigenvalue weighted by Gasteiger charge is -2.19. The molecule has 0 saturated heterocycles. The molecule has 0 amide bonds. The van der Waals surface area contributed by atoms with Crippen molar-refractivity contribution in [3.8, 4) is 0 Å². The Morgan fingerprint density at radius 1 is 1.16 bits per heavy atom. The third-order valence-electron chi connectivity index (χ3n) is 1.92. The van der Waals surface area contributed by atoms with E-state index in [1.54, 1.807) is 20.8 Å². The average Bonchev–Trinajstić information content (AvgIpc) is 2.31. The third kappa shape index (κ3) is 6.69. The Morgan fingerprint density at radius 2 is 1.74 bits per heavy atom. The van der Waals surface area contributed by atoms with E-state index in [-0.39, 0.29) is 6.61 Å². The normalized spacial score (nSPS) is 12.5. The van der Waals surface area contributed by atoms with E-state index >= 15 is 0 Å². The molecule has 0 aromatic carbocycles. The highest BCUT2D eigenvalue weighted by Gasteiger charge is 2.27. The Labute approximate surface area is 113 Å². The molecule has 0 aliphatic carbocycles. The van der Waals surface area contributed by atoms with Crippen molar-refractivity contribution in [2.24, 2.45) is 0 Å². The Bertz CT molecular complexity index is 351. The summed E-state index contributed by atoms with van der Waals surface area (Å²) in [4.78, 5) is 23.1. The number of rotatable bonds is 6. The van der Waals surface area contributed by atoms with Crippen molar-refractivity contribution in [3.63, 3.8) is 0 Å². The summed E-state index contributed by atoms with van der Waals surface area (Å²) in [6.45, 7) is 7.09. The van der Waals surface area contributed by atoms with Crippen LogP contribution in [-0.2, 0) is 23.8 Å². The highest BCUT2D eigenvalue weighted by atomic mass is 16.6. The Morgan fingerprint density at radius 3 is 2.16 bits per heavy atom. The summed E-state index contributed by atoms with van der Waals surface area (Å²) in [6.07, 6.45) is 1.53. The van der Waals surface area contributed by atoms with Crippen molar-refractivity contribution >= 4 is 11.9 Å². The summed E-state index contributed by atoms with van der Waals surface area (Å²) in [5.41, 5.74) is -0.782. The lowest BCUT2D eigenvalue weighted by Crippen LogP contribution is -2.27. The first-order valence-electron chi connectivity index (χ1n) is 6.10. The number of hydrogen-bond donors (Lipinski definition) is 1. The first kappa shape index (κ1) is 17.3. The third-order valence-corrected chi connectivity index (χ3v) is 1.92. The molecule has 0 aliphatic rings. The van der Waals surface area contributed by atoms with E-state index in [0.717, 1.165) is 13.5 Å². The molecule has 6 nitrogen and oxygen atoms in total. The number of ether oxygens (including phenoxy) is 3. The monoisotopic (exact) mass is 274 g/mol. The van der Waals surface area contributed by atoms with Crippen LogP contribution in [0.15, 0.2) is 11.5 Å². The molecule has 0 aromatic rings. The van der Waals surface area contributed by atoms with Gasteiger partial charge < -0.3 is 19.3 Å². The molecule has 19 heavy (non-hydrogen) atoms. The smallest absolute Gasteiger partial charge is 0.378 e. The van der Waals surface area contributed by atoms with Crippen LogP contribution in [0, 0.1) is 0 Å². The quantitative estimate of drug-likeness (QED) is 0.345. The SMILES string of the molecule is CCCCO/C(C(=O)OC)=C(/O)C(=O)OC(C)(C)C. The molecule has 0 radical (unpaired) electrons. The second kappa shape index (κ2) is 7.66. The van der Waals surface area contributed by atoms with Crippen molar-refractivity contribution in [1.82, 2.24) is 0 Å². The van der Waals surface area contributed by atoms with Crippen molar-refractivity contribution in [2.75, 3.05) is 13.7 Å². The molecule has 0 atom stereocenters. The Hall–Kier alpha value is -1.72. The predicted molar refractivity (Wildman–Crippen MR) is 68.4 cm³/mol. The number of carbonyl (C=O) groups is 2. The van der Waals surface area contributed by atoms with Gasteiger partial charge in [0.15, 0.2) is 0 Å². The van der Waals surface area contributed by atoms with Crippen LogP contribution in [0.1, 0.15) is 40.5 Å². The van der Waals surface area contributed by atoms with Gasteiger partial charge in [-0.25, -0.2) is 9.59 Å². The van der Waals surface area contributed by atoms with Crippen LogP contribution in [-0.4, -0.2) is 36.4 Å². The van der Waals surface area contributed by atoms with E-state index in [2.05, 4.69) is 4.74 Å². The minimum absolute atomic E-state index is 0.202. The molecule has 0 saturated carbocycles. The van der Waals surface area contributed by atoms with Crippen LogP contribution in [0.3, 0.4) is 0 Å². The summed E-state index contributed by atoms with van der Waals surface area (Å²) in [7, 11) is 1.13. The van der Waals surface area contributed by atoms with Gasteiger partial charge in [-0.3, -0.25) is 0 Å². The molecular formula is C13H22O6. The fourth-order valence-corrected chi connectivity index (χ4v) is 1.05. The van der Waals surface area contributed by atoms with Crippen molar-refractivity contribution in [1.29, 1.82) is 0 Å². The topological polar surface area (TPSA) is 82.1 Å². The summed E-state index contributed by atoms with van der Waals surface area (Å²) in [6, 6.07) is 0. The summed E-state index contributed by atoms with van der Waals surface area (Å²) in [5.74, 6) is -3.34. The first-order valence-corrected chi connectivity index (χ1v) is 6.10. The van der Waals surface area contributed by atoms with Crippen LogP contribution in [0.5, 0.6) is 0 Å². The van der Waals surface area contributed by atoms with Gasteiger partial charge in [-0.1, -0.05) is 13.3 Å². The average molecular weight is 274 g/mol. The zero-order valence-corrected chi connectivity index (χ0v) is 12.1. The van der Waals surface area contributed by atoms with E-state index in [1.165, 1.54) is 0 Å². The summed E-state index contributed by atoms with van der Waals surface area (Å²) >= 11 is 0. The van der Waals surface area contributed by atoms with Crippen molar-refractivity contribution in [2.45, 2.75) is 46.1 Å². The number of hydrogen-bond acceptors (Lipinski definition) is 6. The fraction of sp³-hybridized carbons (Fsp3) is 0.692. The minimum Gasteiger partial charge on any atom is -0.499 e. The molecule has 0 aliphatic heterocycles. The predicted octanol–water partition coefficient (Wildman–Crippen LogP) is 2.09. The van der Waals surface area contributed by atoms with Crippen LogP contribution in [0.4, 0.5) is 0 Å². The van der Waals surface area contributed by atoms with Gasteiger partial charge in [0.2, 0.25) is 0 Å². The zero-order chi connectivity index (χ0) is 15.1. The molecule has 0 unspecified atom stereocenters.